The lowest BCUT2D eigenvalue weighted by Crippen LogP contribution is -2.05. The molecule has 0 aliphatic carbocycles. The van der Waals surface area contributed by atoms with Crippen molar-refractivity contribution in [1.29, 1.82) is 0 Å². The molecule has 0 spiro atoms. The standard InChI is InChI=1S/C6H12N4O/c1-4-11-6-7-9-10(8-6)5(2)3/h5H,4H2,1-3H3. The highest BCUT2D eigenvalue weighted by atomic mass is 16.5. The van der Waals surface area contributed by atoms with Gasteiger partial charge in [0.25, 0.3) is 0 Å². The highest BCUT2D eigenvalue weighted by Gasteiger charge is 2.04. The summed E-state index contributed by atoms with van der Waals surface area (Å²) in [6, 6.07) is 0.581. The van der Waals surface area contributed by atoms with Gasteiger partial charge in [-0.1, -0.05) is 10.2 Å². The van der Waals surface area contributed by atoms with Crippen LogP contribution in [0.5, 0.6) is 6.01 Å². The molecule has 1 rings (SSSR count). The maximum Gasteiger partial charge on any atom is 0.356 e. The van der Waals surface area contributed by atoms with Crippen molar-refractivity contribution >= 4 is 0 Å². The maximum absolute atomic E-state index is 5.03. The molecule has 5 heteroatoms. The summed E-state index contributed by atoms with van der Waals surface area (Å²) in [6.45, 7) is 6.43. The zero-order valence-corrected chi connectivity index (χ0v) is 6.98. The minimum absolute atomic E-state index is 0.233. The van der Waals surface area contributed by atoms with Crippen LogP contribution in [0.15, 0.2) is 0 Å². The van der Waals surface area contributed by atoms with E-state index in [1.807, 2.05) is 20.8 Å². The van der Waals surface area contributed by atoms with Gasteiger partial charge in [0.15, 0.2) is 0 Å². The van der Waals surface area contributed by atoms with Gasteiger partial charge in [-0.15, -0.1) is 0 Å². The molecule has 0 bridgehead atoms. The fourth-order valence-corrected chi connectivity index (χ4v) is 0.617. The van der Waals surface area contributed by atoms with Crippen LogP contribution >= 0.6 is 0 Å². The fourth-order valence-electron chi connectivity index (χ4n) is 0.617. The zero-order chi connectivity index (χ0) is 8.27. The smallest absolute Gasteiger partial charge is 0.356 e. The number of hydrogen-bond donors (Lipinski definition) is 0. The van der Waals surface area contributed by atoms with Crippen LogP contribution in [-0.4, -0.2) is 26.8 Å². The summed E-state index contributed by atoms with van der Waals surface area (Å²) in [7, 11) is 0. The predicted octanol–water partition coefficient (Wildman–Crippen LogP) is 0.653. The quantitative estimate of drug-likeness (QED) is 0.644. The van der Waals surface area contributed by atoms with Gasteiger partial charge >= 0.3 is 6.01 Å². The zero-order valence-electron chi connectivity index (χ0n) is 6.98. The molecule has 0 atom stereocenters. The van der Waals surface area contributed by atoms with Crippen molar-refractivity contribution in [3.63, 3.8) is 0 Å². The van der Waals surface area contributed by atoms with Crippen LogP contribution in [0, 0.1) is 0 Å². The molecule has 0 saturated carbocycles. The third kappa shape index (κ3) is 1.89. The minimum Gasteiger partial charge on any atom is -0.462 e. The molecule has 1 aromatic rings. The Morgan fingerprint density at radius 3 is 2.73 bits per heavy atom. The molecule has 11 heavy (non-hydrogen) atoms. The summed E-state index contributed by atoms with van der Waals surface area (Å²) < 4.78 is 5.03. The summed E-state index contributed by atoms with van der Waals surface area (Å²) in [5.74, 6) is 0. The van der Waals surface area contributed by atoms with E-state index in [-0.39, 0.29) is 6.04 Å². The van der Waals surface area contributed by atoms with Gasteiger partial charge in [-0.2, -0.15) is 4.80 Å². The Labute approximate surface area is 65.4 Å². The first-order chi connectivity index (χ1) is 5.24. The van der Waals surface area contributed by atoms with E-state index in [4.69, 9.17) is 4.74 Å². The lowest BCUT2D eigenvalue weighted by atomic mass is 10.4. The average molecular weight is 156 g/mol. The Bertz CT molecular complexity index is 220. The summed E-state index contributed by atoms with van der Waals surface area (Å²) in [6.07, 6.45) is 0. The summed E-state index contributed by atoms with van der Waals surface area (Å²) in [5, 5.41) is 11.4. The largest absolute Gasteiger partial charge is 0.462 e. The highest BCUT2D eigenvalue weighted by molar-refractivity contribution is 4.82. The molecular weight excluding hydrogens is 144 g/mol. The normalized spacial score (nSPS) is 10.5. The first-order valence-corrected chi connectivity index (χ1v) is 3.66. The van der Waals surface area contributed by atoms with Gasteiger partial charge in [0.05, 0.1) is 12.6 Å². The first kappa shape index (κ1) is 7.97. The Hall–Kier alpha value is -1.13. The molecule has 0 radical (unpaired) electrons. The topological polar surface area (TPSA) is 52.8 Å². The number of tetrazole rings is 1. The van der Waals surface area contributed by atoms with E-state index in [1.165, 1.54) is 4.80 Å². The third-order valence-corrected chi connectivity index (χ3v) is 1.15. The van der Waals surface area contributed by atoms with Crippen molar-refractivity contribution in [3.8, 4) is 6.01 Å². The van der Waals surface area contributed by atoms with Crippen molar-refractivity contribution in [2.24, 2.45) is 0 Å². The van der Waals surface area contributed by atoms with Gasteiger partial charge in [-0.3, -0.25) is 0 Å². The lowest BCUT2D eigenvalue weighted by Gasteiger charge is -1.98. The van der Waals surface area contributed by atoms with Crippen LogP contribution < -0.4 is 4.74 Å². The monoisotopic (exact) mass is 156 g/mol. The van der Waals surface area contributed by atoms with Crippen LogP contribution in [0.4, 0.5) is 0 Å². The number of hydrogen-bond acceptors (Lipinski definition) is 4. The van der Waals surface area contributed by atoms with Crippen LogP contribution in [-0.2, 0) is 0 Å². The summed E-state index contributed by atoms with van der Waals surface area (Å²) in [5.41, 5.74) is 0. The van der Waals surface area contributed by atoms with Gasteiger partial charge in [0, 0.05) is 0 Å². The van der Waals surface area contributed by atoms with Crippen molar-refractivity contribution in [2.45, 2.75) is 26.8 Å². The van der Waals surface area contributed by atoms with Crippen molar-refractivity contribution in [1.82, 2.24) is 20.2 Å². The third-order valence-electron chi connectivity index (χ3n) is 1.15. The van der Waals surface area contributed by atoms with E-state index in [0.717, 1.165) is 0 Å². The molecule has 0 aromatic carbocycles. The molecule has 0 N–H and O–H groups in total. The molecule has 0 fully saturated rings. The predicted molar refractivity (Wildman–Crippen MR) is 39.4 cm³/mol. The Morgan fingerprint density at radius 2 is 2.27 bits per heavy atom. The second-order valence-electron chi connectivity index (χ2n) is 2.42. The number of nitrogens with zero attached hydrogens (tertiary/aromatic N) is 4. The van der Waals surface area contributed by atoms with E-state index in [1.54, 1.807) is 0 Å². The summed E-state index contributed by atoms with van der Waals surface area (Å²) >= 11 is 0. The first-order valence-electron chi connectivity index (χ1n) is 3.66. The molecule has 62 valence electrons. The van der Waals surface area contributed by atoms with E-state index in [9.17, 15) is 0 Å². The molecule has 1 heterocycles. The molecule has 0 amide bonds. The van der Waals surface area contributed by atoms with E-state index in [2.05, 4.69) is 15.4 Å². The maximum atomic E-state index is 5.03. The SMILES string of the molecule is CCOc1nnn(C(C)C)n1. The van der Waals surface area contributed by atoms with Gasteiger partial charge in [-0.05, 0) is 26.0 Å². The van der Waals surface area contributed by atoms with E-state index in [0.29, 0.717) is 12.6 Å². The van der Waals surface area contributed by atoms with Gasteiger partial charge in [-0.25, -0.2) is 0 Å². The second-order valence-corrected chi connectivity index (χ2v) is 2.42. The van der Waals surface area contributed by atoms with Gasteiger partial charge in [0.1, 0.15) is 0 Å². The van der Waals surface area contributed by atoms with Crippen LogP contribution in [0.1, 0.15) is 26.8 Å². The summed E-state index contributed by atoms with van der Waals surface area (Å²) in [4.78, 5) is 1.52. The molecular formula is C6H12N4O. The van der Waals surface area contributed by atoms with E-state index >= 15 is 0 Å². The molecule has 0 saturated heterocycles. The van der Waals surface area contributed by atoms with Crippen molar-refractivity contribution in [3.05, 3.63) is 0 Å². The van der Waals surface area contributed by atoms with Crippen molar-refractivity contribution < 1.29 is 4.74 Å². The molecule has 0 aliphatic heterocycles. The van der Waals surface area contributed by atoms with Gasteiger partial charge in [0.2, 0.25) is 0 Å². The molecule has 5 nitrogen and oxygen atoms in total. The van der Waals surface area contributed by atoms with Crippen LogP contribution in [0.25, 0.3) is 0 Å². The van der Waals surface area contributed by atoms with Crippen LogP contribution in [0.2, 0.25) is 0 Å². The number of rotatable bonds is 3. The number of aromatic nitrogens is 4. The van der Waals surface area contributed by atoms with Gasteiger partial charge < -0.3 is 4.74 Å². The average Bonchev–Trinajstić information content (AvgIpc) is 2.37. The Morgan fingerprint density at radius 1 is 1.55 bits per heavy atom. The Kier molecular flexibility index (Phi) is 2.40. The lowest BCUT2D eigenvalue weighted by molar-refractivity contribution is 0.308. The molecule has 0 unspecified atom stereocenters. The van der Waals surface area contributed by atoms with E-state index < -0.39 is 0 Å². The second kappa shape index (κ2) is 3.32. The van der Waals surface area contributed by atoms with Crippen molar-refractivity contribution in [2.75, 3.05) is 6.61 Å². The minimum atomic E-state index is 0.233. The molecule has 0 aliphatic rings. The number of ether oxygens (including phenoxy) is 1. The Balaban J connectivity index is 2.66. The highest BCUT2D eigenvalue weighted by Crippen LogP contribution is 2.02. The fraction of sp³-hybridized carbons (Fsp3) is 0.833. The molecule has 1 aromatic heterocycles. The van der Waals surface area contributed by atoms with Crippen LogP contribution in [0.3, 0.4) is 0 Å².